The number of anilines is 1. The van der Waals surface area contributed by atoms with Gasteiger partial charge in [-0.1, -0.05) is 18.2 Å². The van der Waals surface area contributed by atoms with Crippen LogP contribution in [0.5, 0.6) is 5.75 Å². The largest absolute Gasteiger partial charge is 0.434 e. The van der Waals surface area contributed by atoms with E-state index in [0.29, 0.717) is 28.2 Å². The van der Waals surface area contributed by atoms with Crippen LogP contribution in [0.15, 0.2) is 48.8 Å². The number of hydrogen-bond acceptors (Lipinski definition) is 8. The van der Waals surface area contributed by atoms with Crippen molar-refractivity contribution >= 4 is 23.1 Å². The number of aromatic nitrogens is 4. The molecule has 1 saturated carbocycles. The van der Waals surface area contributed by atoms with Crippen molar-refractivity contribution in [3.8, 4) is 16.9 Å². The smallest absolute Gasteiger partial charge is 0.387 e. The molecule has 2 aromatic carbocycles. The molecule has 2 aliphatic heterocycles. The highest BCUT2D eigenvalue weighted by Crippen LogP contribution is 2.63. The van der Waals surface area contributed by atoms with Crippen molar-refractivity contribution in [3.63, 3.8) is 0 Å². The van der Waals surface area contributed by atoms with Gasteiger partial charge in [-0.3, -0.25) is 0 Å². The first-order valence-corrected chi connectivity index (χ1v) is 12.9. The standard InChI is InChI=1S/C27H25F3N6O.CO2/c1-34-6-8-35(9-7-34)27-31-13-15(14-32-27)17-11-22-21(12-20(17)28)33-25-19-10-18(19)24(36(22)25)16-4-2-3-5-23(16)37-26(29)30;2-1-3/h2-5,11-14,18-19,24,26H,6-10H2,1H3;/t18-,19+,24-;/m1./s1. The predicted octanol–water partition coefficient (Wildman–Crippen LogP) is 4.11. The normalized spacial score (nSPS) is 21.4. The fourth-order valence-electron chi connectivity index (χ4n) is 5.89. The van der Waals surface area contributed by atoms with Gasteiger partial charge in [0.1, 0.15) is 17.4 Å². The van der Waals surface area contributed by atoms with E-state index >= 15 is 4.39 Å². The Labute approximate surface area is 227 Å². The van der Waals surface area contributed by atoms with Crippen molar-refractivity contribution in [1.29, 1.82) is 0 Å². The van der Waals surface area contributed by atoms with E-state index in [4.69, 9.17) is 19.3 Å². The maximum absolute atomic E-state index is 15.3. The minimum absolute atomic E-state index is 0.165. The van der Waals surface area contributed by atoms with Gasteiger partial charge in [0.05, 0.1) is 17.1 Å². The molecule has 40 heavy (non-hydrogen) atoms. The molecule has 9 nitrogen and oxygen atoms in total. The lowest BCUT2D eigenvalue weighted by Crippen LogP contribution is -2.45. The van der Waals surface area contributed by atoms with Crippen molar-refractivity contribution in [3.05, 3.63) is 66.0 Å². The summed E-state index contributed by atoms with van der Waals surface area (Å²) in [5, 5.41) is 0. The minimum Gasteiger partial charge on any atom is -0.434 e. The zero-order chi connectivity index (χ0) is 28.0. The number of rotatable bonds is 5. The van der Waals surface area contributed by atoms with Gasteiger partial charge in [0, 0.05) is 67.2 Å². The molecule has 0 unspecified atom stereocenters. The van der Waals surface area contributed by atoms with Crippen LogP contribution >= 0.6 is 0 Å². The van der Waals surface area contributed by atoms with E-state index in [1.165, 1.54) is 6.07 Å². The summed E-state index contributed by atoms with van der Waals surface area (Å²) in [4.78, 5) is 34.4. The van der Waals surface area contributed by atoms with Gasteiger partial charge in [-0.05, 0) is 31.5 Å². The Balaban J connectivity index is 0.000000925. The fraction of sp³-hybridized carbons (Fsp3) is 0.357. The third kappa shape index (κ3) is 4.59. The third-order valence-electron chi connectivity index (χ3n) is 7.85. The predicted molar refractivity (Wildman–Crippen MR) is 137 cm³/mol. The number of benzene rings is 2. The average Bonchev–Trinajstić information content (AvgIpc) is 3.55. The van der Waals surface area contributed by atoms with E-state index in [9.17, 15) is 8.78 Å². The van der Waals surface area contributed by atoms with Crippen LogP contribution in [0.3, 0.4) is 0 Å². The molecular weight excluding hydrogens is 525 g/mol. The zero-order valence-electron chi connectivity index (χ0n) is 21.5. The summed E-state index contributed by atoms with van der Waals surface area (Å²) in [6, 6.07) is 9.94. The molecule has 0 spiro atoms. The van der Waals surface area contributed by atoms with Gasteiger partial charge in [0.25, 0.3) is 0 Å². The first-order chi connectivity index (χ1) is 19.4. The van der Waals surface area contributed by atoms with E-state index in [1.807, 2.05) is 12.1 Å². The van der Waals surface area contributed by atoms with Crippen LogP contribution in [-0.2, 0) is 9.59 Å². The van der Waals surface area contributed by atoms with Crippen LogP contribution in [0.4, 0.5) is 19.1 Å². The molecule has 206 valence electrons. The summed E-state index contributed by atoms with van der Waals surface area (Å²) >= 11 is 0. The summed E-state index contributed by atoms with van der Waals surface area (Å²) in [7, 11) is 2.09. The van der Waals surface area contributed by atoms with E-state index in [2.05, 4.69) is 31.4 Å². The topological polar surface area (TPSA) is 93.4 Å². The van der Waals surface area contributed by atoms with Gasteiger partial charge in [0.15, 0.2) is 0 Å². The van der Waals surface area contributed by atoms with Gasteiger partial charge in [0.2, 0.25) is 5.95 Å². The Hall–Kier alpha value is -4.28. The van der Waals surface area contributed by atoms with E-state index in [1.54, 1.807) is 30.6 Å². The quantitative estimate of drug-likeness (QED) is 0.367. The van der Waals surface area contributed by atoms with E-state index < -0.39 is 12.4 Å². The van der Waals surface area contributed by atoms with Crippen molar-refractivity contribution < 1.29 is 27.5 Å². The minimum atomic E-state index is -2.91. The van der Waals surface area contributed by atoms with Crippen LogP contribution in [0, 0.1) is 11.7 Å². The SMILES string of the molecule is CN1CCN(c2ncc(-c3cc4c(cc3F)nc3n4[C@H](c4ccccc4OC(F)F)[C@@H]4C[C@H]34)cn2)CC1.O=C=O. The van der Waals surface area contributed by atoms with E-state index in [-0.39, 0.29) is 29.8 Å². The number of ether oxygens (including phenoxy) is 1. The number of carbonyl (C=O) groups excluding carboxylic acids is 2. The second-order valence-corrected chi connectivity index (χ2v) is 10.2. The maximum atomic E-state index is 15.3. The summed E-state index contributed by atoms with van der Waals surface area (Å²) < 4.78 is 48.5. The Morgan fingerprint density at radius 2 is 1.75 bits per heavy atom. The van der Waals surface area contributed by atoms with Crippen molar-refractivity contribution in [2.24, 2.45) is 5.92 Å². The van der Waals surface area contributed by atoms with Crippen LogP contribution in [0.25, 0.3) is 22.2 Å². The first kappa shape index (κ1) is 26.0. The van der Waals surface area contributed by atoms with Gasteiger partial charge >= 0.3 is 12.8 Å². The van der Waals surface area contributed by atoms with Crippen LogP contribution in [0.1, 0.15) is 29.8 Å². The van der Waals surface area contributed by atoms with Gasteiger partial charge in [-0.25, -0.2) is 19.3 Å². The Bertz CT molecular complexity index is 1580. The first-order valence-electron chi connectivity index (χ1n) is 12.9. The Kier molecular flexibility index (Phi) is 6.73. The third-order valence-corrected chi connectivity index (χ3v) is 7.85. The molecule has 4 heterocycles. The van der Waals surface area contributed by atoms with Crippen LogP contribution in [0.2, 0.25) is 0 Å². The van der Waals surface area contributed by atoms with Gasteiger partial charge < -0.3 is 19.1 Å². The molecule has 1 aliphatic carbocycles. The number of halogens is 3. The molecule has 0 N–H and O–H groups in total. The van der Waals surface area contributed by atoms with Crippen LogP contribution < -0.4 is 9.64 Å². The summed E-state index contributed by atoms with van der Waals surface area (Å²) in [6.07, 6.45) is 4.49. The number of alkyl halides is 2. The molecule has 7 rings (SSSR count). The molecule has 1 saturated heterocycles. The molecule has 3 aliphatic rings. The molecule has 2 aromatic heterocycles. The Morgan fingerprint density at radius 1 is 1.05 bits per heavy atom. The fourth-order valence-corrected chi connectivity index (χ4v) is 5.89. The molecule has 4 aromatic rings. The maximum Gasteiger partial charge on any atom is 0.387 e. The van der Waals surface area contributed by atoms with Crippen molar-refractivity contribution in [2.45, 2.75) is 25.0 Å². The monoisotopic (exact) mass is 550 g/mol. The molecule has 0 bridgehead atoms. The lowest BCUT2D eigenvalue weighted by molar-refractivity contribution is -0.191. The average molecular weight is 551 g/mol. The molecule has 0 amide bonds. The number of likely N-dealkylation sites (N-methyl/N-ethyl adjacent to an activating group) is 1. The number of para-hydroxylation sites is 1. The summed E-state index contributed by atoms with van der Waals surface area (Å²) in [5.41, 5.74) is 2.97. The summed E-state index contributed by atoms with van der Waals surface area (Å²) in [6.45, 7) is 0.664. The van der Waals surface area contributed by atoms with E-state index in [0.717, 1.165) is 43.9 Å². The number of nitrogens with zero attached hydrogens (tertiary/aromatic N) is 6. The van der Waals surface area contributed by atoms with Gasteiger partial charge in [-0.2, -0.15) is 18.4 Å². The van der Waals surface area contributed by atoms with Crippen LogP contribution in [-0.4, -0.2) is 70.4 Å². The highest BCUT2D eigenvalue weighted by molar-refractivity contribution is 5.84. The van der Waals surface area contributed by atoms with Crippen molar-refractivity contribution in [1.82, 2.24) is 24.4 Å². The highest BCUT2D eigenvalue weighted by atomic mass is 19.3. The zero-order valence-corrected chi connectivity index (χ0v) is 21.5. The van der Waals surface area contributed by atoms with Gasteiger partial charge in [-0.15, -0.1) is 0 Å². The van der Waals surface area contributed by atoms with Crippen molar-refractivity contribution in [2.75, 3.05) is 38.1 Å². The molecule has 12 heteroatoms. The lowest BCUT2D eigenvalue weighted by Gasteiger charge is -2.32. The highest BCUT2D eigenvalue weighted by Gasteiger charge is 2.55. The number of imidazole rings is 1. The molecule has 3 atom stereocenters. The second-order valence-electron chi connectivity index (χ2n) is 10.2. The number of fused-ring (bicyclic) bond motifs is 5. The number of hydrogen-bond donors (Lipinski definition) is 0. The second kappa shape index (κ2) is 10.4. The summed E-state index contributed by atoms with van der Waals surface area (Å²) in [5.74, 6) is 1.77. The lowest BCUT2D eigenvalue weighted by atomic mass is 10.0. The molecular formula is C28H25F3N6O3. The Morgan fingerprint density at radius 3 is 2.45 bits per heavy atom. The molecule has 2 fully saturated rings. The number of piperazine rings is 1. The molecule has 0 radical (unpaired) electrons.